The summed E-state index contributed by atoms with van der Waals surface area (Å²) in [4.78, 5) is 14.0. The fraction of sp³-hybridized carbons (Fsp3) is 0.409. The zero-order valence-corrected chi connectivity index (χ0v) is 18.0. The monoisotopic (exact) mass is 410 g/mol. The summed E-state index contributed by atoms with van der Waals surface area (Å²) in [5.74, 6) is 0.733. The van der Waals surface area contributed by atoms with Crippen molar-refractivity contribution in [2.24, 2.45) is 0 Å². The molecule has 0 N–H and O–H groups in total. The Kier molecular flexibility index (Phi) is 5.83. The average Bonchev–Trinajstić information content (AvgIpc) is 3.37. The summed E-state index contributed by atoms with van der Waals surface area (Å²) in [5, 5.41) is 5.15. The summed E-state index contributed by atoms with van der Waals surface area (Å²) >= 11 is 6.27. The first kappa shape index (κ1) is 19.9. The molecular weight excluding hydrogens is 384 g/mol. The molecule has 0 radical (unpaired) electrons. The molecular formula is C22H27ClN6. The number of nitrogens with zero attached hydrogens (tertiary/aromatic N) is 6. The van der Waals surface area contributed by atoms with Crippen molar-refractivity contribution in [2.75, 3.05) is 25.5 Å². The van der Waals surface area contributed by atoms with Crippen molar-refractivity contribution in [3.8, 4) is 11.1 Å². The Morgan fingerprint density at radius 2 is 2.10 bits per heavy atom. The van der Waals surface area contributed by atoms with Crippen LogP contribution in [0.15, 0.2) is 42.9 Å². The van der Waals surface area contributed by atoms with Gasteiger partial charge in [-0.3, -0.25) is 9.58 Å². The highest BCUT2D eigenvalue weighted by Crippen LogP contribution is 2.38. The minimum absolute atomic E-state index is 0.246. The molecule has 1 aromatic carbocycles. The first-order chi connectivity index (χ1) is 14.0. The van der Waals surface area contributed by atoms with Gasteiger partial charge in [0.25, 0.3) is 0 Å². The molecule has 0 spiro atoms. The molecule has 7 heteroatoms. The largest absolute Gasteiger partial charge is 0.347 e. The van der Waals surface area contributed by atoms with E-state index in [1.54, 1.807) is 0 Å². The standard InChI is InChI=1S/C22H27ClN6/c1-4-29-15-16(12-25-29)14-28-10-6-9-20(28)21-19(13-24-22(26-21)27(2)3)17-7-5-8-18(23)11-17/h5,7-8,11-13,15,20H,4,6,9-10,14H2,1-3H3/t20-/m0/s1. The Morgan fingerprint density at radius 3 is 2.83 bits per heavy atom. The van der Waals surface area contributed by atoms with E-state index in [2.05, 4.69) is 34.2 Å². The highest BCUT2D eigenvalue weighted by molar-refractivity contribution is 6.30. The number of anilines is 1. The molecule has 29 heavy (non-hydrogen) atoms. The van der Waals surface area contributed by atoms with Gasteiger partial charge in [-0.1, -0.05) is 23.7 Å². The van der Waals surface area contributed by atoms with Crippen molar-refractivity contribution >= 4 is 17.5 Å². The smallest absolute Gasteiger partial charge is 0.225 e. The summed E-state index contributed by atoms with van der Waals surface area (Å²) < 4.78 is 1.98. The molecule has 0 bridgehead atoms. The lowest BCUT2D eigenvalue weighted by Gasteiger charge is -2.26. The van der Waals surface area contributed by atoms with Crippen LogP contribution in [-0.4, -0.2) is 45.3 Å². The zero-order valence-electron chi connectivity index (χ0n) is 17.2. The number of hydrogen-bond acceptors (Lipinski definition) is 5. The molecule has 0 aliphatic carbocycles. The molecule has 0 unspecified atom stereocenters. The van der Waals surface area contributed by atoms with Gasteiger partial charge >= 0.3 is 0 Å². The fourth-order valence-corrected chi connectivity index (χ4v) is 4.14. The van der Waals surface area contributed by atoms with Crippen molar-refractivity contribution in [3.63, 3.8) is 0 Å². The van der Waals surface area contributed by atoms with Crippen molar-refractivity contribution in [1.29, 1.82) is 0 Å². The van der Waals surface area contributed by atoms with Crippen LogP contribution in [0.2, 0.25) is 5.02 Å². The summed E-state index contributed by atoms with van der Waals surface area (Å²) in [6.07, 6.45) is 8.29. The number of hydrogen-bond donors (Lipinski definition) is 0. The van der Waals surface area contributed by atoms with Gasteiger partial charge in [-0.15, -0.1) is 0 Å². The summed E-state index contributed by atoms with van der Waals surface area (Å²) in [6, 6.07) is 8.19. The molecule has 6 nitrogen and oxygen atoms in total. The number of aryl methyl sites for hydroxylation is 1. The third-order valence-electron chi connectivity index (χ3n) is 5.42. The molecule has 1 saturated heterocycles. The normalized spacial score (nSPS) is 17.0. The second kappa shape index (κ2) is 8.51. The highest BCUT2D eigenvalue weighted by Gasteiger charge is 2.30. The Labute approximate surface area is 177 Å². The SMILES string of the molecule is CCn1cc(CN2CCC[C@H]2c2nc(N(C)C)ncc2-c2cccc(Cl)c2)cn1. The Morgan fingerprint density at radius 1 is 1.24 bits per heavy atom. The van der Waals surface area contributed by atoms with Crippen molar-refractivity contribution < 1.29 is 0 Å². The van der Waals surface area contributed by atoms with E-state index in [1.807, 2.05) is 54.3 Å². The van der Waals surface area contributed by atoms with Crippen LogP contribution in [0.1, 0.15) is 37.1 Å². The van der Waals surface area contributed by atoms with Crippen LogP contribution in [0.5, 0.6) is 0 Å². The van der Waals surface area contributed by atoms with E-state index in [0.717, 1.165) is 60.3 Å². The van der Waals surface area contributed by atoms with Gasteiger partial charge in [0.05, 0.1) is 17.9 Å². The van der Waals surface area contributed by atoms with Crippen LogP contribution in [-0.2, 0) is 13.1 Å². The van der Waals surface area contributed by atoms with Crippen LogP contribution >= 0.6 is 11.6 Å². The highest BCUT2D eigenvalue weighted by atomic mass is 35.5. The number of benzene rings is 1. The zero-order chi connectivity index (χ0) is 20.4. The van der Waals surface area contributed by atoms with E-state index in [-0.39, 0.29) is 6.04 Å². The number of halogens is 1. The van der Waals surface area contributed by atoms with E-state index in [1.165, 1.54) is 5.56 Å². The Bertz CT molecular complexity index is 983. The maximum atomic E-state index is 6.27. The van der Waals surface area contributed by atoms with Gasteiger partial charge in [-0.2, -0.15) is 5.10 Å². The predicted molar refractivity (Wildman–Crippen MR) is 117 cm³/mol. The lowest BCUT2D eigenvalue weighted by atomic mass is 9.99. The second-order valence-corrected chi connectivity index (χ2v) is 8.14. The molecule has 3 aromatic rings. The van der Waals surface area contributed by atoms with E-state index >= 15 is 0 Å². The first-order valence-corrected chi connectivity index (χ1v) is 10.5. The minimum atomic E-state index is 0.246. The number of likely N-dealkylation sites (tertiary alicyclic amines) is 1. The van der Waals surface area contributed by atoms with Gasteiger partial charge < -0.3 is 4.90 Å². The Hall–Kier alpha value is -2.44. The average molecular weight is 411 g/mol. The maximum Gasteiger partial charge on any atom is 0.225 e. The van der Waals surface area contributed by atoms with Crippen molar-refractivity contribution in [3.05, 3.63) is 59.1 Å². The summed E-state index contributed by atoms with van der Waals surface area (Å²) in [7, 11) is 3.95. The molecule has 1 fully saturated rings. The molecule has 1 aliphatic heterocycles. The maximum absolute atomic E-state index is 6.27. The van der Waals surface area contributed by atoms with Crippen LogP contribution in [0.3, 0.4) is 0 Å². The summed E-state index contributed by atoms with van der Waals surface area (Å²) in [5.41, 5.74) is 4.43. The van der Waals surface area contributed by atoms with Gasteiger partial charge in [0.15, 0.2) is 0 Å². The number of rotatable bonds is 6. The van der Waals surface area contributed by atoms with Gasteiger partial charge in [-0.25, -0.2) is 9.97 Å². The van der Waals surface area contributed by atoms with Crippen LogP contribution < -0.4 is 4.90 Å². The molecule has 2 aromatic heterocycles. The molecule has 152 valence electrons. The van der Waals surface area contributed by atoms with Gasteiger partial charge in [0.1, 0.15) is 0 Å². The summed E-state index contributed by atoms with van der Waals surface area (Å²) in [6.45, 7) is 4.93. The van der Waals surface area contributed by atoms with Crippen molar-refractivity contribution in [1.82, 2.24) is 24.6 Å². The minimum Gasteiger partial charge on any atom is -0.347 e. The van der Waals surface area contributed by atoms with Crippen molar-refractivity contribution in [2.45, 2.75) is 38.9 Å². The molecule has 0 amide bonds. The van der Waals surface area contributed by atoms with Gasteiger partial charge in [-0.05, 0) is 44.0 Å². The van der Waals surface area contributed by atoms with Crippen LogP contribution in [0.25, 0.3) is 11.1 Å². The second-order valence-electron chi connectivity index (χ2n) is 7.71. The van der Waals surface area contributed by atoms with Crippen LogP contribution in [0.4, 0.5) is 5.95 Å². The predicted octanol–water partition coefficient (Wildman–Crippen LogP) is 4.42. The molecule has 3 heterocycles. The van der Waals surface area contributed by atoms with Crippen LogP contribution in [0, 0.1) is 0 Å². The molecule has 4 rings (SSSR count). The van der Waals surface area contributed by atoms with E-state index in [9.17, 15) is 0 Å². The lowest BCUT2D eigenvalue weighted by molar-refractivity contribution is 0.245. The quantitative estimate of drug-likeness (QED) is 0.602. The third kappa shape index (κ3) is 4.28. The molecule has 0 saturated carbocycles. The van der Waals surface area contributed by atoms with Gasteiger partial charge in [0.2, 0.25) is 5.95 Å². The fourth-order valence-electron chi connectivity index (χ4n) is 3.95. The molecule has 1 atom stereocenters. The Balaban J connectivity index is 1.71. The lowest BCUT2D eigenvalue weighted by Crippen LogP contribution is -2.25. The van der Waals surface area contributed by atoms with Gasteiger partial charge in [0, 0.05) is 55.7 Å². The number of aromatic nitrogens is 4. The van der Waals surface area contributed by atoms with E-state index in [0.29, 0.717) is 0 Å². The first-order valence-electron chi connectivity index (χ1n) is 10.1. The van der Waals surface area contributed by atoms with E-state index in [4.69, 9.17) is 16.6 Å². The topological polar surface area (TPSA) is 50.1 Å². The molecule has 1 aliphatic rings. The van der Waals surface area contributed by atoms with E-state index < -0.39 is 0 Å². The third-order valence-corrected chi connectivity index (χ3v) is 5.65.